The Balaban J connectivity index is 2.02. The molecule has 2 aromatic rings. The van der Waals surface area contributed by atoms with E-state index in [1.807, 2.05) is 4.72 Å². The Labute approximate surface area is 138 Å². The van der Waals surface area contributed by atoms with Gasteiger partial charge in [-0.05, 0) is 36.2 Å². The lowest BCUT2D eigenvalue weighted by Gasteiger charge is -2.10. The van der Waals surface area contributed by atoms with Gasteiger partial charge in [0.25, 0.3) is 10.0 Å². The van der Waals surface area contributed by atoms with Gasteiger partial charge in [-0.15, -0.1) is 0 Å². The Morgan fingerprint density at radius 3 is 2.57 bits per heavy atom. The summed E-state index contributed by atoms with van der Waals surface area (Å²) in [5.41, 5.74) is 1.07. The highest BCUT2D eigenvalue weighted by atomic mass is 35.5. The fourth-order valence-electron chi connectivity index (χ4n) is 1.90. The van der Waals surface area contributed by atoms with Gasteiger partial charge in [0.2, 0.25) is 0 Å². The predicted molar refractivity (Wildman–Crippen MR) is 85.1 cm³/mol. The minimum Gasteiger partial charge on any atom is -0.333 e. The smallest absolute Gasteiger partial charge is 0.328 e. The average Bonchev–Trinajstić information content (AvgIpc) is 2.48. The number of nitrogens with one attached hydrogen (secondary N) is 2. The first-order valence-electron chi connectivity index (χ1n) is 6.60. The van der Waals surface area contributed by atoms with Gasteiger partial charge in [0.1, 0.15) is 5.82 Å². The maximum absolute atomic E-state index is 13.0. The highest BCUT2D eigenvalue weighted by Gasteiger charge is 2.19. The fraction of sp³-hybridized carbons (Fsp3) is 0.133. The fourth-order valence-corrected chi connectivity index (χ4v) is 3.28. The molecule has 2 rings (SSSR count). The van der Waals surface area contributed by atoms with Crippen LogP contribution >= 0.6 is 11.6 Å². The van der Waals surface area contributed by atoms with Gasteiger partial charge in [-0.25, -0.2) is 22.3 Å². The lowest BCUT2D eigenvalue weighted by Crippen LogP contribution is -2.39. The van der Waals surface area contributed by atoms with E-state index in [0.717, 1.165) is 0 Å². The van der Waals surface area contributed by atoms with Crippen molar-refractivity contribution < 1.29 is 17.6 Å². The predicted octanol–water partition coefficient (Wildman–Crippen LogP) is 2.98. The Morgan fingerprint density at radius 1 is 1.22 bits per heavy atom. The zero-order valence-corrected chi connectivity index (χ0v) is 13.7. The van der Waals surface area contributed by atoms with Crippen LogP contribution in [0.1, 0.15) is 11.1 Å². The molecule has 0 atom stereocenters. The molecule has 0 unspecified atom stereocenters. The van der Waals surface area contributed by atoms with Crippen molar-refractivity contribution >= 4 is 27.7 Å². The lowest BCUT2D eigenvalue weighted by molar-refractivity contribution is 0.245. The molecule has 0 saturated heterocycles. The van der Waals surface area contributed by atoms with Crippen molar-refractivity contribution in [3.8, 4) is 0 Å². The third-order valence-corrected chi connectivity index (χ3v) is 4.83. The quantitative estimate of drug-likeness (QED) is 0.884. The van der Waals surface area contributed by atoms with E-state index >= 15 is 0 Å². The maximum Gasteiger partial charge on any atom is 0.328 e. The van der Waals surface area contributed by atoms with E-state index in [4.69, 9.17) is 11.6 Å². The average molecular weight is 357 g/mol. The van der Waals surface area contributed by atoms with Gasteiger partial charge in [-0.2, -0.15) is 0 Å². The molecular weight excluding hydrogens is 343 g/mol. The summed E-state index contributed by atoms with van der Waals surface area (Å²) in [5.74, 6) is -0.568. The number of sulfonamides is 1. The summed E-state index contributed by atoms with van der Waals surface area (Å²) in [6.07, 6.45) is 0. The molecule has 23 heavy (non-hydrogen) atoms. The van der Waals surface area contributed by atoms with Gasteiger partial charge in [-0.1, -0.05) is 35.9 Å². The molecule has 0 heterocycles. The number of benzene rings is 2. The number of urea groups is 1. The van der Waals surface area contributed by atoms with Gasteiger partial charge in [-0.3, -0.25) is 0 Å². The first kappa shape index (κ1) is 17.2. The number of amides is 2. The number of hydrogen-bond acceptors (Lipinski definition) is 3. The molecule has 0 radical (unpaired) electrons. The number of aryl methyl sites for hydroxylation is 1. The minimum atomic E-state index is -3.96. The largest absolute Gasteiger partial charge is 0.333 e. The molecule has 122 valence electrons. The summed E-state index contributed by atoms with van der Waals surface area (Å²) in [7, 11) is -3.96. The SMILES string of the molecule is Cc1ccccc1S(=O)(=O)NC(=O)NCc1ccc(F)c(Cl)c1. The Hall–Kier alpha value is -2.12. The van der Waals surface area contributed by atoms with E-state index in [-0.39, 0.29) is 16.5 Å². The van der Waals surface area contributed by atoms with Crippen molar-refractivity contribution in [3.63, 3.8) is 0 Å². The number of rotatable bonds is 4. The first-order chi connectivity index (χ1) is 10.8. The molecule has 0 saturated carbocycles. The van der Waals surface area contributed by atoms with Gasteiger partial charge < -0.3 is 5.32 Å². The molecule has 0 spiro atoms. The Morgan fingerprint density at radius 2 is 1.91 bits per heavy atom. The van der Waals surface area contributed by atoms with E-state index in [9.17, 15) is 17.6 Å². The van der Waals surface area contributed by atoms with Crippen LogP contribution in [0.2, 0.25) is 5.02 Å². The Kier molecular flexibility index (Phi) is 5.23. The minimum absolute atomic E-state index is 0.00905. The number of halogens is 2. The number of carbonyl (C=O) groups excluding carboxylic acids is 1. The second-order valence-corrected chi connectivity index (χ2v) is 6.86. The van der Waals surface area contributed by atoms with Crippen LogP contribution in [0, 0.1) is 12.7 Å². The maximum atomic E-state index is 13.0. The van der Waals surface area contributed by atoms with E-state index in [1.165, 1.54) is 24.3 Å². The van der Waals surface area contributed by atoms with Crippen LogP contribution < -0.4 is 10.0 Å². The molecule has 8 heteroatoms. The van der Waals surface area contributed by atoms with Gasteiger partial charge >= 0.3 is 6.03 Å². The number of hydrogen-bond donors (Lipinski definition) is 2. The molecule has 0 aliphatic heterocycles. The van der Waals surface area contributed by atoms with Crippen molar-refractivity contribution in [2.75, 3.05) is 0 Å². The van der Waals surface area contributed by atoms with E-state index in [1.54, 1.807) is 25.1 Å². The van der Waals surface area contributed by atoms with Crippen LogP contribution in [0.5, 0.6) is 0 Å². The van der Waals surface area contributed by atoms with E-state index in [2.05, 4.69) is 5.32 Å². The molecule has 2 N–H and O–H groups in total. The number of carbonyl (C=O) groups is 1. The third-order valence-electron chi connectivity index (χ3n) is 3.05. The normalized spacial score (nSPS) is 11.1. The standard InChI is InChI=1S/C15H14ClFN2O3S/c1-10-4-2-3-5-14(10)23(21,22)19-15(20)18-9-11-6-7-13(17)12(16)8-11/h2-8H,9H2,1H3,(H2,18,19,20). The van der Waals surface area contributed by atoms with Crippen LogP contribution in [0.25, 0.3) is 0 Å². The molecule has 2 amide bonds. The zero-order chi connectivity index (χ0) is 17.0. The third kappa shape index (κ3) is 4.43. The summed E-state index contributed by atoms with van der Waals surface area (Å²) in [6, 6.07) is 9.39. The van der Waals surface area contributed by atoms with Gasteiger partial charge in [0.05, 0.1) is 9.92 Å². The first-order valence-corrected chi connectivity index (χ1v) is 8.46. The molecule has 0 aromatic heterocycles. The molecule has 5 nitrogen and oxygen atoms in total. The van der Waals surface area contributed by atoms with Crippen LogP contribution in [0.4, 0.5) is 9.18 Å². The summed E-state index contributed by atoms with van der Waals surface area (Å²) in [6.45, 7) is 1.64. The molecular formula is C15H14ClFN2O3S. The highest BCUT2D eigenvalue weighted by Crippen LogP contribution is 2.16. The van der Waals surface area contributed by atoms with Gasteiger partial charge in [0.15, 0.2) is 0 Å². The van der Waals surface area contributed by atoms with Crippen molar-refractivity contribution in [2.24, 2.45) is 0 Å². The summed E-state index contributed by atoms with van der Waals surface area (Å²) >= 11 is 5.63. The van der Waals surface area contributed by atoms with E-state index in [0.29, 0.717) is 11.1 Å². The van der Waals surface area contributed by atoms with Crippen molar-refractivity contribution in [3.05, 3.63) is 64.4 Å². The van der Waals surface area contributed by atoms with Crippen LogP contribution in [0.3, 0.4) is 0 Å². The summed E-state index contributed by atoms with van der Waals surface area (Å²) in [5, 5.41) is 2.31. The van der Waals surface area contributed by atoms with Crippen LogP contribution in [-0.2, 0) is 16.6 Å². The zero-order valence-electron chi connectivity index (χ0n) is 12.1. The monoisotopic (exact) mass is 356 g/mol. The van der Waals surface area contributed by atoms with Crippen LogP contribution in [-0.4, -0.2) is 14.4 Å². The van der Waals surface area contributed by atoms with Crippen molar-refractivity contribution in [2.45, 2.75) is 18.4 Å². The second-order valence-electron chi connectivity index (χ2n) is 4.80. The Bertz CT molecular complexity index is 840. The second kappa shape index (κ2) is 6.97. The summed E-state index contributed by atoms with van der Waals surface area (Å²) < 4.78 is 39.2. The molecule has 0 fully saturated rings. The molecule has 0 aliphatic carbocycles. The summed E-state index contributed by atoms with van der Waals surface area (Å²) in [4.78, 5) is 11.8. The highest BCUT2D eigenvalue weighted by molar-refractivity contribution is 7.90. The molecule has 0 bridgehead atoms. The van der Waals surface area contributed by atoms with Crippen molar-refractivity contribution in [1.82, 2.24) is 10.0 Å². The van der Waals surface area contributed by atoms with Crippen molar-refractivity contribution in [1.29, 1.82) is 0 Å². The lowest BCUT2D eigenvalue weighted by atomic mass is 10.2. The molecule has 0 aliphatic rings. The van der Waals surface area contributed by atoms with Gasteiger partial charge in [0, 0.05) is 6.54 Å². The van der Waals surface area contributed by atoms with E-state index < -0.39 is 21.9 Å². The topological polar surface area (TPSA) is 75.3 Å². The van der Waals surface area contributed by atoms with Crippen LogP contribution in [0.15, 0.2) is 47.4 Å². The molecule has 2 aromatic carbocycles.